The minimum absolute atomic E-state index is 0.0259. The van der Waals surface area contributed by atoms with E-state index in [1.165, 1.54) is 12.1 Å². The third-order valence-corrected chi connectivity index (χ3v) is 3.43. The Morgan fingerprint density at radius 3 is 2.32 bits per heavy atom. The number of benzene rings is 2. The second-order valence-corrected chi connectivity index (χ2v) is 5.10. The predicted molar refractivity (Wildman–Crippen MR) is 84.2 cm³/mol. The monoisotopic (exact) mass is 301 g/mol. The molecule has 22 heavy (non-hydrogen) atoms. The van der Waals surface area contributed by atoms with Crippen molar-refractivity contribution < 1.29 is 13.9 Å². The van der Waals surface area contributed by atoms with Gasteiger partial charge >= 0.3 is 0 Å². The molecule has 0 spiro atoms. The quantitative estimate of drug-likeness (QED) is 0.850. The highest BCUT2D eigenvalue weighted by atomic mass is 19.1. The average molecular weight is 301 g/mol. The van der Waals surface area contributed by atoms with E-state index in [0.717, 1.165) is 29.7 Å². The maximum atomic E-state index is 12.8. The van der Waals surface area contributed by atoms with Gasteiger partial charge in [0, 0.05) is 13.0 Å². The molecule has 0 atom stereocenters. The average Bonchev–Trinajstić information content (AvgIpc) is 2.55. The van der Waals surface area contributed by atoms with Gasteiger partial charge in [0.15, 0.2) is 0 Å². The Labute approximate surface area is 130 Å². The first-order chi connectivity index (χ1) is 10.7. The van der Waals surface area contributed by atoms with Crippen LogP contribution in [0.4, 0.5) is 4.39 Å². The Bertz CT molecular complexity index is 593. The van der Waals surface area contributed by atoms with E-state index in [1.807, 2.05) is 24.3 Å². The van der Waals surface area contributed by atoms with Crippen LogP contribution in [0.5, 0.6) is 5.75 Å². The van der Waals surface area contributed by atoms with Crippen molar-refractivity contribution in [3.05, 3.63) is 65.5 Å². The lowest BCUT2D eigenvalue weighted by Crippen LogP contribution is -2.22. The van der Waals surface area contributed by atoms with Gasteiger partial charge in [0.05, 0.1) is 7.11 Å². The second-order valence-electron chi connectivity index (χ2n) is 5.10. The molecule has 0 bridgehead atoms. The largest absolute Gasteiger partial charge is 0.497 e. The van der Waals surface area contributed by atoms with Gasteiger partial charge in [0.25, 0.3) is 0 Å². The lowest BCUT2D eigenvalue weighted by Gasteiger charge is -2.06. The molecule has 2 rings (SSSR count). The summed E-state index contributed by atoms with van der Waals surface area (Å²) in [5.41, 5.74) is 2.08. The summed E-state index contributed by atoms with van der Waals surface area (Å²) in [6, 6.07) is 14.0. The zero-order valence-electron chi connectivity index (χ0n) is 12.6. The molecule has 0 saturated heterocycles. The highest BCUT2D eigenvalue weighted by Crippen LogP contribution is 2.11. The number of amides is 1. The summed E-state index contributed by atoms with van der Waals surface area (Å²) in [6.07, 6.45) is 1.99. The van der Waals surface area contributed by atoms with E-state index in [0.29, 0.717) is 13.0 Å². The van der Waals surface area contributed by atoms with Crippen LogP contribution >= 0.6 is 0 Å². The molecule has 3 nitrogen and oxygen atoms in total. The molecule has 0 heterocycles. The van der Waals surface area contributed by atoms with Crippen LogP contribution in [0.25, 0.3) is 0 Å². The fourth-order valence-electron chi connectivity index (χ4n) is 2.14. The standard InChI is InChI=1S/C18H20FNO2/c1-22-17-11-7-15(8-12-17)13-20-18(21)4-2-3-14-5-9-16(19)10-6-14/h5-12H,2-4,13H2,1H3,(H,20,21). The lowest BCUT2D eigenvalue weighted by molar-refractivity contribution is -0.121. The van der Waals surface area contributed by atoms with Gasteiger partial charge in [-0.25, -0.2) is 4.39 Å². The number of carbonyl (C=O) groups is 1. The number of methoxy groups -OCH3 is 1. The maximum absolute atomic E-state index is 12.8. The number of aryl methyl sites for hydroxylation is 1. The van der Waals surface area contributed by atoms with Crippen molar-refractivity contribution in [2.24, 2.45) is 0 Å². The SMILES string of the molecule is COc1ccc(CNC(=O)CCCc2ccc(F)cc2)cc1. The lowest BCUT2D eigenvalue weighted by atomic mass is 10.1. The molecule has 0 aliphatic carbocycles. The van der Waals surface area contributed by atoms with Crippen LogP contribution in [0.15, 0.2) is 48.5 Å². The Morgan fingerprint density at radius 2 is 1.68 bits per heavy atom. The van der Waals surface area contributed by atoms with Gasteiger partial charge in [-0.3, -0.25) is 4.79 Å². The maximum Gasteiger partial charge on any atom is 0.220 e. The normalized spacial score (nSPS) is 10.3. The van der Waals surface area contributed by atoms with E-state index < -0.39 is 0 Å². The molecule has 116 valence electrons. The van der Waals surface area contributed by atoms with Crippen LogP contribution in [-0.4, -0.2) is 13.0 Å². The first-order valence-electron chi connectivity index (χ1n) is 7.31. The van der Waals surface area contributed by atoms with Crippen molar-refractivity contribution in [2.75, 3.05) is 7.11 Å². The van der Waals surface area contributed by atoms with Crippen molar-refractivity contribution in [3.63, 3.8) is 0 Å². The van der Waals surface area contributed by atoms with Crippen molar-refractivity contribution >= 4 is 5.91 Å². The molecule has 2 aromatic rings. The zero-order valence-corrected chi connectivity index (χ0v) is 12.6. The minimum Gasteiger partial charge on any atom is -0.497 e. The van der Waals surface area contributed by atoms with Gasteiger partial charge < -0.3 is 10.1 Å². The topological polar surface area (TPSA) is 38.3 Å². The van der Waals surface area contributed by atoms with E-state index in [4.69, 9.17) is 4.74 Å². The van der Waals surface area contributed by atoms with Crippen molar-refractivity contribution in [1.29, 1.82) is 0 Å². The number of hydrogen-bond donors (Lipinski definition) is 1. The zero-order chi connectivity index (χ0) is 15.8. The molecule has 0 aliphatic rings. The van der Waals surface area contributed by atoms with E-state index in [-0.39, 0.29) is 11.7 Å². The highest BCUT2D eigenvalue weighted by Gasteiger charge is 2.02. The molecule has 0 aliphatic heterocycles. The van der Waals surface area contributed by atoms with E-state index >= 15 is 0 Å². The first kappa shape index (κ1) is 16.0. The summed E-state index contributed by atoms with van der Waals surface area (Å²) in [7, 11) is 1.62. The summed E-state index contributed by atoms with van der Waals surface area (Å²) in [6.45, 7) is 0.513. The molecule has 0 fully saturated rings. The van der Waals surface area contributed by atoms with Crippen molar-refractivity contribution in [1.82, 2.24) is 5.32 Å². The van der Waals surface area contributed by atoms with Crippen LogP contribution in [-0.2, 0) is 17.8 Å². The molecule has 0 saturated carbocycles. The third kappa shape index (κ3) is 5.20. The molecular formula is C18H20FNO2. The predicted octanol–water partition coefficient (Wildman–Crippen LogP) is 3.47. The van der Waals surface area contributed by atoms with Crippen LogP contribution in [0.3, 0.4) is 0 Å². The Kier molecular flexibility index (Phi) is 5.95. The summed E-state index contributed by atoms with van der Waals surface area (Å²) in [4.78, 5) is 11.8. The fraction of sp³-hybridized carbons (Fsp3) is 0.278. The van der Waals surface area contributed by atoms with E-state index in [1.54, 1.807) is 19.2 Å². The highest BCUT2D eigenvalue weighted by molar-refractivity contribution is 5.75. The van der Waals surface area contributed by atoms with Gasteiger partial charge in [-0.15, -0.1) is 0 Å². The Balaban J connectivity index is 1.68. The number of hydrogen-bond acceptors (Lipinski definition) is 2. The molecule has 0 aromatic heterocycles. The summed E-state index contributed by atoms with van der Waals surface area (Å²) < 4.78 is 17.9. The summed E-state index contributed by atoms with van der Waals surface area (Å²) in [5.74, 6) is 0.591. The molecule has 1 amide bonds. The van der Waals surface area contributed by atoms with E-state index in [2.05, 4.69) is 5.32 Å². The number of ether oxygens (including phenoxy) is 1. The van der Waals surface area contributed by atoms with Gasteiger partial charge in [0.2, 0.25) is 5.91 Å². The number of halogens is 1. The van der Waals surface area contributed by atoms with Crippen LogP contribution in [0.1, 0.15) is 24.0 Å². The fourth-order valence-corrected chi connectivity index (χ4v) is 2.14. The van der Waals surface area contributed by atoms with Gasteiger partial charge in [-0.05, 0) is 48.2 Å². The first-order valence-corrected chi connectivity index (χ1v) is 7.31. The summed E-state index contributed by atoms with van der Waals surface area (Å²) in [5, 5.41) is 2.89. The van der Waals surface area contributed by atoms with Gasteiger partial charge in [0.1, 0.15) is 11.6 Å². The minimum atomic E-state index is -0.235. The van der Waals surface area contributed by atoms with Crippen molar-refractivity contribution in [2.45, 2.75) is 25.8 Å². The van der Waals surface area contributed by atoms with Gasteiger partial charge in [-0.2, -0.15) is 0 Å². The Hall–Kier alpha value is -2.36. The van der Waals surface area contributed by atoms with Crippen molar-refractivity contribution in [3.8, 4) is 5.75 Å². The number of rotatable bonds is 7. The van der Waals surface area contributed by atoms with Gasteiger partial charge in [-0.1, -0.05) is 24.3 Å². The molecule has 2 aromatic carbocycles. The van der Waals surface area contributed by atoms with E-state index in [9.17, 15) is 9.18 Å². The molecular weight excluding hydrogens is 281 g/mol. The molecule has 0 unspecified atom stereocenters. The van der Waals surface area contributed by atoms with Crippen LogP contribution < -0.4 is 10.1 Å². The molecule has 4 heteroatoms. The third-order valence-electron chi connectivity index (χ3n) is 3.43. The Morgan fingerprint density at radius 1 is 1.05 bits per heavy atom. The molecule has 1 N–H and O–H groups in total. The van der Waals surface area contributed by atoms with Crippen LogP contribution in [0, 0.1) is 5.82 Å². The smallest absolute Gasteiger partial charge is 0.220 e. The van der Waals surface area contributed by atoms with Crippen LogP contribution in [0.2, 0.25) is 0 Å². The second kappa shape index (κ2) is 8.17. The summed E-state index contributed by atoms with van der Waals surface area (Å²) >= 11 is 0. The molecule has 0 radical (unpaired) electrons. The number of carbonyl (C=O) groups excluding carboxylic acids is 1. The number of nitrogens with one attached hydrogen (secondary N) is 1.